The van der Waals surface area contributed by atoms with E-state index in [1.165, 1.54) is 6.20 Å². The number of rotatable bonds is 3. The van der Waals surface area contributed by atoms with Crippen molar-refractivity contribution in [2.75, 3.05) is 6.54 Å². The van der Waals surface area contributed by atoms with Crippen molar-refractivity contribution in [3.8, 4) is 0 Å². The van der Waals surface area contributed by atoms with Crippen LogP contribution in [0.2, 0.25) is 0 Å². The largest absolute Gasteiger partial charge is 0.336 e. The highest BCUT2D eigenvalue weighted by molar-refractivity contribution is 5.93. The van der Waals surface area contributed by atoms with Gasteiger partial charge in [0.15, 0.2) is 0 Å². The Morgan fingerprint density at radius 3 is 2.88 bits per heavy atom. The van der Waals surface area contributed by atoms with Crippen LogP contribution in [0.15, 0.2) is 40.2 Å². The quantitative estimate of drug-likeness (QED) is 0.910. The van der Waals surface area contributed by atoms with E-state index in [1.807, 2.05) is 6.92 Å². The lowest BCUT2D eigenvalue weighted by Gasteiger charge is -2.33. The fourth-order valence-corrected chi connectivity index (χ4v) is 3.02. The van der Waals surface area contributed by atoms with E-state index >= 15 is 0 Å². The second-order valence-electron chi connectivity index (χ2n) is 6.06. The van der Waals surface area contributed by atoms with Crippen molar-refractivity contribution >= 4 is 5.91 Å². The van der Waals surface area contributed by atoms with Gasteiger partial charge in [0, 0.05) is 25.0 Å². The number of amides is 1. The van der Waals surface area contributed by atoms with Crippen molar-refractivity contribution in [2.24, 2.45) is 0 Å². The SMILES string of the molecule is CC1CCCCN1C(=O)c1c[nH]c(=O)n(Cc2ccccn2)c1=O. The van der Waals surface area contributed by atoms with Gasteiger partial charge in [-0.2, -0.15) is 0 Å². The van der Waals surface area contributed by atoms with E-state index in [1.54, 1.807) is 29.3 Å². The molecule has 1 unspecified atom stereocenters. The molecule has 7 nitrogen and oxygen atoms in total. The molecule has 1 aliphatic heterocycles. The van der Waals surface area contributed by atoms with Gasteiger partial charge in [-0.1, -0.05) is 6.07 Å². The van der Waals surface area contributed by atoms with Gasteiger partial charge in [-0.15, -0.1) is 0 Å². The first-order valence-electron chi connectivity index (χ1n) is 8.11. The third kappa shape index (κ3) is 3.15. The van der Waals surface area contributed by atoms with Crippen LogP contribution < -0.4 is 11.2 Å². The molecule has 3 heterocycles. The van der Waals surface area contributed by atoms with Crippen molar-refractivity contribution in [2.45, 2.75) is 38.8 Å². The molecule has 1 amide bonds. The van der Waals surface area contributed by atoms with Crippen LogP contribution in [-0.4, -0.2) is 37.9 Å². The second kappa shape index (κ2) is 6.82. The monoisotopic (exact) mass is 328 g/mol. The van der Waals surface area contributed by atoms with E-state index < -0.39 is 11.2 Å². The molecule has 1 saturated heterocycles. The number of carbonyl (C=O) groups is 1. The highest BCUT2D eigenvalue weighted by Gasteiger charge is 2.27. The molecule has 2 aromatic rings. The number of hydrogen-bond acceptors (Lipinski definition) is 4. The van der Waals surface area contributed by atoms with Crippen molar-refractivity contribution < 1.29 is 4.79 Å². The number of carbonyl (C=O) groups excluding carboxylic acids is 1. The molecule has 7 heteroatoms. The molecule has 0 spiro atoms. The number of aromatic nitrogens is 3. The van der Waals surface area contributed by atoms with E-state index in [-0.39, 0.29) is 24.1 Å². The Morgan fingerprint density at radius 1 is 1.33 bits per heavy atom. The van der Waals surface area contributed by atoms with Crippen molar-refractivity contribution in [3.05, 3.63) is 62.7 Å². The summed E-state index contributed by atoms with van der Waals surface area (Å²) >= 11 is 0. The fourth-order valence-electron chi connectivity index (χ4n) is 3.02. The molecular weight excluding hydrogens is 308 g/mol. The Morgan fingerprint density at radius 2 is 2.17 bits per heavy atom. The predicted octanol–water partition coefficient (Wildman–Crippen LogP) is 0.994. The van der Waals surface area contributed by atoms with Crippen LogP contribution in [0.3, 0.4) is 0 Å². The molecule has 2 aromatic heterocycles. The standard InChI is InChI=1S/C17H20N4O3/c1-12-6-3-5-9-20(12)15(22)14-10-19-17(24)21(16(14)23)11-13-7-2-4-8-18-13/h2,4,7-8,10,12H,3,5-6,9,11H2,1H3,(H,19,24). The highest BCUT2D eigenvalue weighted by atomic mass is 16.2. The summed E-state index contributed by atoms with van der Waals surface area (Å²) < 4.78 is 1.02. The number of aromatic amines is 1. The highest BCUT2D eigenvalue weighted by Crippen LogP contribution is 2.17. The smallest absolute Gasteiger partial charge is 0.328 e. The van der Waals surface area contributed by atoms with Crippen LogP contribution in [0.4, 0.5) is 0 Å². The topological polar surface area (TPSA) is 88.1 Å². The molecule has 1 N–H and O–H groups in total. The summed E-state index contributed by atoms with van der Waals surface area (Å²) in [6.07, 6.45) is 5.77. The van der Waals surface area contributed by atoms with Gasteiger partial charge in [-0.05, 0) is 38.3 Å². The number of nitrogens with zero attached hydrogens (tertiary/aromatic N) is 3. The van der Waals surface area contributed by atoms with E-state index in [0.717, 1.165) is 23.8 Å². The summed E-state index contributed by atoms with van der Waals surface area (Å²) in [6, 6.07) is 5.37. The maximum Gasteiger partial charge on any atom is 0.328 e. The summed E-state index contributed by atoms with van der Waals surface area (Å²) in [4.78, 5) is 45.7. The number of H-pyrrole nitrogens is 1. The van der Waals surface area contributed by atoms with E-state index in [4.69, 9.17) is 0 Å². The van der Waals surface area contributed by atoms with Gasteiger partial charge in [-0.3, -0.25) is 19.1 Å². The zero-order valence-electron chi connectivity index (χ0n) is 13.6. The Kier molecular flexibility index (Phi) is 4.59. The van der Waals surface area contributed by atoms with Gasteiger partial charge in [0.1, 0.15) is 5.56 Å². The molecule has 0 radical (unpaired) electrons. The first kappa shape index (κ1) is 16.2. The zero-order chi connectivity index (χ0) is 17.1. The van der Waals surface area contributed by atoms with Gasteiger partial charge in [0.25, 0.3) is 11.5 Å². The predicted molar refractivity (Wildman–Crippen MR) is 89.0 cm³/mol. The number of nitrogens with one attached hydrogen (secondary N) is 1. The summed E-state index contributed by atoms with van der Waals surface area (Å²) in [5, 5.41) is 0. The van der Waals surface area contributed by atoms with Crippen LogP contribution in [0.1, 0.15) is 42.2 Å². The van der Waals surface area contributed by atoms with Gasteiger partial charge in [0.05, 0.1) is 12.2 Å². The van der Waals surface area contributed by atoms with Crippen LogP contribution in [0.25, 0.3) is 0 Å². The van der Waals surface area contributed by atoms with Crippen molar-refractivity contribution in [1.29, 1.82) is 0 Å². The normalized spacial score (nSPS) is 17.7. The minimum absolute atomic E-state index is 0.000666. The average Bonchev–Trinajstić information content (AvgIpc) is 2.59. The number of likely N-dealkylation sites (tertiary alicyclic amines) is 1. The molecule has 1 aliphatic rings. The van der Waals surface area contributed by atoms with Crippen LogP contribution in [-0.2, 0) is 6.54 Å². The van der Waals surface area contributed by atoms with Crippen molar-refractivity contribution in [1.82, 2.24) is 19.4 Å². The maximum atomic E-state index is 12.7. The minimum atomic E-state index is -0.577. The van der Waals surface area contributed by atoms with Crippen LogP contribution in [0.5, 0.6) is 0 Å². The summed E-state index contributed by atoms with van der Waals surface area (Å²) in [5.74, 6) is -0.321. The molecule has 24 heavy (non-hydrogen) atoms. The lowest BCUT2D eigenvalue weighted by Crippen LogP contribution is -2.46. The second-order valence-corrected chi connectivity index (χ2v) is 6.06. The van der Waals surface area contributed by atoms with E-state index in [9.17, 15) is 14.4 Å². The first-order chi connectivity index (χ1) is 11.6. The zero-order valence-corrected chi connectivity index (χ0v) is 13.6. The summed E-state index contributed by atoms with van der Waals surface area (Å²) in [7, 11) is 0. The Hall–Kier alpha value is -2.70. The van der Waals surface area contributed by atoms with Crippen LogP contribution >= 0.6 is 0 Å². The first-order valence-corrected chi connectivity index (χ1v) is 8.11. The Bertz CT molecular complexity index is 841. The molecule has 0 bridgehead atoms. The number of hydrogen-bond donors (Lipinski definition) is 1. The van der Waals surface area contributed by atoms with Crippen LogP contribution in [0, 0.1) is 0 Å². The molecule has 0 aliphatic carbocycles. The van der Waals surface area contributed by atoms with E-state index in [0.29, 0.717) is 12.2 Å². The average molecular weight is 328 g/mol. The fraction of sp³-hybridized carbons (Fsp3) is 0.412. The third-order valence-electron chi connectivity index (χ3n) is 4.40. The van der Waals surface area contributed by atoms with E-state index in [2.05, 4.69) is 9.97 Å². The maximum absolute atomic E-state index is 12.7. The lowest BCUT2D eigenvalue weighted by atomic mass is 10.0. The molecule has 0 saturated carbocycles. The molecule has 1 atom stereocenters. The Labute approximate surface area is 139 Å². The van der Waals surface area contributed by atoms with Gasteiger partial charge >= 0.3 is 5.69 Å². The molecule has 0 aromatic carbocycles. The lowest BCUT2D eigenvalue weighted by molar-refractivity contribution is 0.0632. The molecular formula is C17H20N4O3. The van der Waals surface area contributed by atoms with Gasteiger partial charge in [-0.25, -0.2) is 4.79 Å². The summed E-state index contributed by atoms with van der Waals surface area (Å²) in [6.45, 7) is 2.65. The van der Waals surface area contributed by atoms with Gasteiger partial charge in [0.2, 0.25) is 0 Å². The van der Waals surface area contributed by atoms with Gasteiger partial charge < -0.3 is 9.88 Å². The molecule has 1 fully saturated rings. The number of pyridine rings is 1. The van der Waals surface area contributed by atoms with Crippen molar-refractivity contribution in [3.63, 3.8) is 0 Å². The molecule has 3 rings (SSSR count). The minimum Gasteiger partial charge on any atom is -0.336 e. The third-order valence-corrected chi connectivity index (χ3v) is 4.40. The Balaban J connectivity index is 1.95. The number of piperidine rings is 1. The summed E-state index contributed by atoms with van der Waals surface area (Å²) in [5.41, 5.74) is -0.540. The molecule has 126 valence electrons.